The SMILES string of the molecule is CCn1nnc(-c2ccc(C3=NC4CCC(O)CC4c4cc(OC(F)F)c(OC)cc43)cc2)n1. The second-order valence-corrected chi connectivity index (χ2v) is 8.47. The maximum Gasteiger partial charge on any atom is 0.387 e. The molecule has 1 N–H and O–H groups in total. The monoisotopic (exact) mass is 469 g/mol. The third-order valence-corrected chi connectivity index (χ3v) is 6.44. The van der Waals surface area contributed by atoms with Gasteiger partial charge >= 0.3 is 6.61 Å². The van der Waals surface area contributed by atoms with Gasteiger partial charge in [-0.2, -0.15) is 13.6 Å². The number of aromatic nitrogens is 4. The smallest absolute Gasteiger partial charge is 0.387 e. The van der Waals surface area contributed by atoms with Crippen molar-refractivity contribution in [1.82, 2.24) is 20.2 Å². The summed E-state index contributed by atoms with van der Waals surface area (Å²) in [6.45, 7) is -0.394. The van der Waals surface area contributed by atoms with Crippen LogP contribution < -0.4 is 9.47 Å². The van der Waals surface area contributed by atoms with E-state index in [-0.39, 0.29) is 23.5 Å². The molecule has 3 unspecified atom stereocenters. The van der Waals surface area contributed by atoms with Crippen molar-refractivity contribution in [3.63, 3.8) is 0 Å². The molecule has 3 aromatic rings. The molecule has 1 aliphatic carbocycles. The molecule has 8 nitrogen and oxygen atoms in total. The number of aryl methyl sites for hydroxylation is 1. The minimum atomic E-state index is -2.97. The zero-order valence-corrected chi connectivity index (χ0v) is 18.9. The predicted octanol–water partition coefficient (Wildman–Crippen LogP) is 3.82. The molecule has 1 fully saturated rings. The third-order valence-electron chi connectivity index (χ3n) is 6.44. The van der Waals surface area contributed by atoms with Crippen LogP contribution in [0.1, 0.15) is 48.8 Å². The lowest BCUT2D eigenvalue weighted by Crippen LogP contribution is -2.34. The average molecular weight is 469 g/mol. The predicted molar refractivity (Wildman–Crippen MR) is 121 cm³/mol. The number of aliphatic imine (C=N–C) groups is 1. The minimum absolute atomic E-state index is 0.0169. The molecule has 0 bridgehead atoms. The Morgan fingerprint density at radius 3 is 2.56 bits per heavy atom. The summed E-state index contributed by atoms with van der Waals surface area (Å²) in [7, 11) is 1.41. The van der Waals surface area contributed by atoms with E-state index in [2.05, 4.69) is 15.4 Å². The molecule has 2 aromatic carbocycles. The number of alkyl halides is 2. The fourth-order valence-corrected chi connectivity index (χ4v) is 4.79. The number of aliphatic hydroxyl groups excluding tert-OH is 1. The molecule has 34 heavy (non-hydrogen) atoms. The highest BCUT2D eigenvalue weighted by Crippen LogP contribution is 2.45. The number of nitrogens with zero attached hydrogens (tertiary/aromatic N) is 5. The van der Waals surface area contributed by atoms with Gasteiger partial charge in [0.25, 0.3) is 0 Å². The van der Waals surface area contributed by atoms with Crippen molar-refractivity contribution in [1.29, 1.82) is 0 Å². The Bertz CT molecular complexity index is 1210. The first-order valence-electron chi connectivity index (χ1n) is 11.3. The molecular formula is C24H25F2N5O3. The molecule has 2 aliphatic rings. The van der Waals surface area contributed by atoms with Crippen molar-refractivity contribution < 1.29 is 23.4 Å². The maximum atomic E-state index is 13.1. The first kappa shape index (κ1) is 22.4. The summed E-state index contributed by atoms with van der Waals surface area (Å²) in [5.41, 5.74) is 4.09. The van der Waals surface area contributed by atoms with Gasteiger partial charge in [-0.15, -0.1) is 10.2 Å². The molecule has 2 heterocycles. The van der Waals surface area contributed by atoms with Gasteiger partial charge in [-0.05, 0) is 49.1 Å². The number of ether oxygens (including phenoxy) is 2. The van der Waals surface area contributed by atoms with Gasteiger partial charge in [0, 0.05) is 22.6 Å². The van der Waals surface area contributed by atoms with Gasteiger partial charge in [0.1, 0.15) is 0 Å². The highest BCUT2D eigenvalue weighted by atomic mass is 19.3. The molecule has 1 aliphatic heterocycles. The minimum Gasteiger partial charge on any atom is -0.493 e. The summed E-state index contributed by atoms with van der Waals surface area (Å²) >= 11 is 0. The summed E-state index contributed by atoms with van der Waals surface area (Å²) in [4.78, 5) is 6.57. The number of hydrogen-bond acceptors (Lipinski definition) is 7. The highest BCUT2D eigenvalue weighted by Gasteiger charge is 2.37. The standard InChI is InChI=1S/C24H25F2N5O3/c1-3-31-29-23(28-30-31)14-6-4-13(5-7-14)22-18-12-20(33-2)21(34-24(25)26)11-16(18)17-10-15(32)8-9-19(17)27-22/h4-7,11-12,15,17,19,24,32H,3,8-10H2,1-2H3. The van der Waals surface area contributed by atoms with Crippen LogP contribution in [0.2, 0.25) is 0 Å². The van der Waals surface area contributed by atoms with Crippen molar-refractivity contribution >= 4 is 5.71 Å². The van der Waals surface area contributed by atoms with Crippen LogP contribution >= 0.6 is 0 Å². The molecule has 3 atom stereocenters. The second kappa shape index (κ2) is 9.09. The zero-order chi connectivity index (χ0) is 23.8. The Balaban J connectivity index is 1.57. The molecule has 0 saturated heterocycles. The van der Waals surface area contributed by atoms with Crippen molar-refractivity contribution in [3.8, 4) is 22.9 Å². The largest absolute Gasteiger partial charge is 0.493 e. The summed E-state index contributed by atoms with van der Waals surface area (Å²) in [6.07, 6.45) is 1.44. The van der Waals surface area contributed by atoms with Crippen LogP contribution in [0.25, 0.3) is 11.4 Å². The summed E-state index contributed by atoms with van der Waals surface area (Å²) in [5.74, 6) is 0.646. The lowest BCUT2D eigenvalue weighted by atomic mass is 9.74. The second-order valence-electron chi connectivity index (χ2n) is 8.47. The number of tetrazole rings is 1. The normalized spacial score (nSPS) is 21.6. The number of benzene rings is 2. The summed E-state index contributed by atoms with van der Waals surface area (Å²) < 4.78 is 36.2. The van der Waals surface area contributed by atoms with Gasteiger partial charge < -0.3 is 14.6 Å². The van der Waals surface area contributed by atoms with Gasteiger partial charge in [0.05, 0.1) is 31.5 Å². The first-order chi connectivity index (χ1) is 16.5. The Labute approximate surface area is 195 Å². The molecule has 5 rings (SSSR count). The molecule has 10 heteroatoms. The molecule has 0 amide bonds. The van der Waals surface area contributed by atoms with E-state index in [0.29, 0.717) is 31.6 Å². The van der Waals surface area contributed by atoms with Crippen molar-refractivity contribution in [2.24, 2.45) is 4.99 Å². The number of fused-ring (bicyclic) bond motifs is 3. The Kier molecular flexibility index (Phi) is 5.99. The number of aliphatic hydroxyl groups is 1. The quantitative estimate of drug-likeness (QED) is 0.590. The summed E-state index contributed by atoms with van der Waals surface area (Å²) in [6, 6.07) is 11.0. The fraction of sp³-hybridized carbons (Fsp3) is 0.417. The average Bonchev–Trinajstić information content (AvgIpc) is 3.32. The lowest BCUT2D eigenvalue weighted by Gasteiger charge is -2.37. The van der Waals surface area contributed by atoms with Crippen molar-refractivity contribution in [3.05, 3.63) is 53.1 Å². The Morgan fingerprint density at radius 2 is 1.88 bits per heavy atom. The van der Waals surface area contributed by atoms with Gasteiger partial charge in [0.15, 0.2) is 11.5 Å². The van der Waals surface area contributed by atoms with Crippen LogP contribution in [-0.2, 0) is 6.54 Å². The number of hydrogen-bond donors (Lipinski definition) is 1. The Morgan fingerprint density at radius 1 is 1.12 bits per heavy atom. The van der Waals surface area contributed by atoms with Gasteiger partial charge in [-0.3, -0.25) is 4.99 Å². The van der Waals surface area contributed by atoms with E-state index in [9.17, 15) is 13.9 Å². The van der Waals surface area contributed by atoms with Crippen LogP contribution in [0.4, 0.5) is 8.78 Å². The van der Waals surface area contributed by atoms with Crippen LogP contribution in [0.15, 0.2) is 41.4 Å². The van der Waals surface area contributed by atoms with Crippen LogP contribution in [0.3, 0.4) is 0 Å². The van der Waals surface area contributed by atoms with Gasteiger partial charge in [-0.1, -0.05) is 24.3 Å². The topological polar surface area (TPSA) is 94.7 Å². The summed E-state index contributed by atoms with van der Waals surface area (Å²) in [5, 5.41) is 22.7. The van der Waals surface area contributed by atoms with Crippen LogP contribution in [0.5, 0.6) is 11.5 Å². The Hall–Kier alpha value is -3.40. The number of methoxy groups -OCH3 is 1. The van der Waals surface area contributed by atoms with Gasteiger partial charge in [-0.25, -0.2) is 0 Å². The van der Waals surface area contributed by atoms with E-state index >= 15 is 0 Å². The van der Waals surface area contributed by atoms with E-state index in [0.717, 1.165) is 28.0 Å². The van der Waals surface area contributed by atoms with E-state index in [1.807, 2.05) is 31.2 Å². The molecule has 1 aromatic heterocycles. The van der Waals surface area contributed by atoms with Crippen LogP contribution in [0, 0.1) is 0 Å². The fourth-order valence-electron chi connectivity index (χ4n) is 4.79. The third kappa shape index (κ3) is 4.13. The maximum absolute atomic E-state index is 13.1. The highest BCUT2D eigenvalue weighted by molar-refractivity contribution is 6.15. The molecular weight excluding hydrogens is 444 g/mol. The molecule has 178 valence electrons. The van der Waals surface area contributed by atoms with E-state index in [1.54, 1.807) is 12.1 Å². The molecule has 0 radical (unpaired) electrons. The van der Waals surface area contributed by atoms with Crippen molar-refractivity contribution in [2.45, 2.75) is 57.4 Å². The van der Waals surface area contributed by atoms with Crippen molar-refractivity contribution in [2.75, 3.05) is 7.11 Å². The van der Waals surface area contributed by atoms with E-state index < -0.39 is 12.7 Å². The van der Waals surface area contributed by atoms with E-state index in [4.69, 9.17) is 14.5 Å². The lowest BCUT2D eigenvalue weighted by molar-refractivity contribution is -0.0513. The number of halogens is 2. The van der Waals surface area contributed by atoms with E-state index in [1.165, 1.54) is 11.9 Å². The first-order valence-corrected chi connectivity index (χ1v) is 11.3. The molecule has 0 spiro atoms. The molecule has 1 saturated carbocycles. The van der Waals surface area contributed by atoms with Gasteiger partial charge in [0.2, 0.25) is 5.82 Å². The van der Waals surface area contributed by atoms with Crippen LogP contribution in [-0.4, -0.2) is 56.9 Å². The number of rotatable bonds is 6. The zero-order valence-electron chi connectivity index (χ0n) is 18.9.